The van der Waals surface area contributed by atoms with Gasteiger partial charge in [0.15, 0.2) is 0 Å². The van der Waals surface area contributed by atoms with Gasteiger partial charge < -0.3 is 10.2 Å². The quantitative estimate of drug-likeness (QED) is 0.868. The molecule has 1 N–H and O–H groups in total. The van der Waals surface area contributed by atoms with Crippen molar-refractivity contribution in [1.29, 1.82) is 0 Å². The van der Waals surface area contributed by atoms with Crippen molar-refractivity contribution in [2.75, 3.05) is 23.3 Å². The van der Waals surface area contributed by atoms with E-state index < -0.39 is 17.6 Å². The number of pyridine rings is 1. The Balaban J connectivity index is 1.78. The minimum absolute atomic E-state index is 0.254. The van der Waals surface area contributed by atoms with Gasteiger partial charge in [0.05, 0.1) is 11.3 Å². The number of amides is 1. The molecule has 0 bridgehead atoms. The Kier molecular flexibility index (Phi) is 5.15. The largest absolute Gasteiger partial charge is 0.418 e. The van der Waals surface area contributed by atoms with Crippen LogP contribution < -0.4 is 10.2 Å². The molecule has 2 heterocycles. The number of carbonyl (C=O) groups is 1. The molecule has 0 saturated carbocycles. The van der Waals surface area contributed by atoms with Gasteiger partial charge in [-0.05, 0) is 43.0 Å². The van der Waals surface area contributed by atoms with E-state index >= 15 is 0 Å². The number of aromatic nitrogens is 1. The molecule has 1 aliphatic heterocycles. The summed E-state index contributed by atoms with van der Waals surface area (Å²) >= 11 is 0. The van der Waals surface area contributed by atoms with E-state index in [1.165, 1.54) is 30.5 Å². The van der Waals surface area contributed by atoms with Crippen LogP contribution in [0.3, 0.4) is 0 Å². The van der Waals surface area contributed by atoms with Crippen LogP contribution in [0.4, 0.5) is 24.7 Å². The fourth-order valence-electron chi connectivity index (χ4n) is 3.00. The lowest BCUT2D eigenvalue weighted by molar-refractivity contribution is -0.136. The predicted octanol–water partition coefficient (Wildman–Crippen LogP) is 4.59. The molecule has 4 nitrogen and oxygen atoms in total. The van der Waals surface area contributed by atoms with Crippen LogP contribution in [-0.4, -0.2) is 24.0 Å². The molecule has 0 unspecified atom stereocenters. The number of nitrogens with zero attached hydrogens (tertiary/aromatic N) is 2. The van der Waals surface area contributed by atoms with Crippen molar-refractivity contribution < 1.29 is 18.0 Å². The summed E-state index contributed by atoms with van der Waals surface area (Å²) in [7, 11) is 0. The highest BCUT2D eigenvalue weighted by molar-refractivity contribution is 6.05. The van der Waals surface area contributed by atoms with Crippen molar-refractivity contribution in [3.63, 3.8) is 0 Å². The molecule has 1 saturated heterocycles. The summed E-state index contributed by atoms with van der Waals surface area (Å²) < 4.78 is 39.2. The van der Waals surface area contributed by atoms with Gasteiger partial charge in [-0.1, -0.05) is 19.1 Å². The zero-order valence-electron chi connectivity index (χ0n) is 14.4. The monoisotopic (exact) mass is 363 g/mol. The molecule has 0 atom stereocenters. The van der Waals surface area contributed by atoms with Crippen molar-refractivity contribution >= 4 is 17.4 Å². The maximum atomic E-state index is 13.1. The summed E-state index contributed by atoms with van der Waals surface area (Å²) in [5.74, 6) is 0.751. The Labute approximate surface area is 150 Å². The van der Waals surface area contributed by atoms with Crippen molar-refractivity contribution in [3.8, 4) is 0 Å². The van der Waals surface area contributed by atoms with Gasteiger partial charge >= 0.3 is 6.18 Å². The molecule has 1 aliphatic rings. The molecule has 0 radical (unpaired) electrons. The molecule has 2 aromatic rings. The summed E-state index contributed by atoms with van der Waals surface area (Å²) in [6.07, 6.45) is -0.913. The van der Waals surface area contributed by atoms with E-state index in [1.807, 2.05) is 0 Å². The number of alkyl halides is 3. The van der Waals surface area contributed by atoms with E-state index in [1.54, 1.807) is 6.07 Å². The lowest BCUT2D eigenvalue weighted by Gasteiger charge is -2.31. The van der Waals surface area contributed by atoms with Crippen LogP contribution in [0.25, 0.3) is 0 Å². The first-order valence-electron chi connectivity index (χ1n) is 8.53. The first kappa shape index (κ1) is 18.2. The Hall–Kier alpha value is -2.57. The number of anilines is 2. The molecule has 0 aliphatic carbocycles. The van der Waals surface area contributed by atoms with E-state index in [2.05, 4.69) is 22.1 Å². The molecule has 0 spiro atoms. The average Bonchev–Trinajstić information content (AvgIpc) is 2.62. The zero-order valence-corrected chi connectivity index (χ0v) is 14.4. The number of para-hydroxylation sites is 1. The van der Waals surface area contributed by atoms with Crippen LogP contribution >= 0.6 is 0 Å². The van der Waals surface area contributed by atoms with E-state index in [0.717, 1.165) is 32.0 Å². The number of carbonyl (C=O) groups excluding carboxylic acids is 1. The van der Waals surface area contributed by atoms with Gasteiger partial charge in [0, 0.05) is 24.8 Å². The van der Waals surface area contributed by atoms with Crippen LogP contribution in [0.15, 0.2) is 42.6 Å². The molecule has 1 fully saturated rings. The van der Waals surface area contributed by atoms with E-state index in [0.29, 0.717) is 11.7 Å². The van der Waals surface area contributed by atoms with Crippen LogP contribution in [0, 0.1) is 5.92 Å². The second kappa shape index (κ2) is 7.35. The second-order valence-corrected chi connectivity index (χ2v) is 6.57. The van der Waals surface area contributed by atoms with Crippen LogP contribution in [0.1, 0.15) is 35.7 Å². The topological polar surface area (TPSA) is 45.2 Å². The number of rotatable bonds is 3. The minimum Gasteiger partial charge on any atom is -0.357 e. The molecule has 1 aromatic heterocycles. The van der Waals surface area contributed by atoms with Crippen LogP contribution in [0.2, 0.25) is 0 Å². The molecule has 7 heteroatoms. The molecular formula is C19H20F3N3O. The third kappa shape index (κ3) is 4.15. The normalized spacial score (nSPS) is 15.8. The van der Waals surface area contributed by atoms with Crippen LogP contribution in [0.5, 0.6) is 0 Å². The third-order valence-corrected chi connectivity index (χ3v) is 4.60. The summed E-state index contributed by atoms with van der Waals surface area (Å²) in [4.78, 5) is 18.9. The number of piperidine rings is 1. The molecule has 1 amide bonds. The number of hydrogen-bond acceptors (Lipinski definition) is 3. The van der Waals surface area contributed by atoms with Gasteiger partial charge in [-0.25, -0.2) is 4.98 Å². The van der Waals surface area contributed by atoms with Gasteiger partial charge in [-0.15, -0.1) is 0 Å². The summed E-state index contributed by atoms with van der Waals surface area (Å²) in [5.41, 5.74) is -0.839. The number of nitrogens with one attached hydrogen (secondary N) is 1. The molecule has 3 rings (SSSR count). The van der Waals surface area contributed by atoms with E-state index in [-0.39, 0.29) is 11.3 Å². The maximum absolute atomic E-state index is 13.1. The summed E-state index contributed by atoms with van der Waals surface area (Å²) in [6, 6.07) is 8.07. The Morgan fingerprint density at radius 2 is 1.88 bits per heavy atom. The van der Waals surface area contributed by atoms with Crippen molar-refractivity contribution in [2.24, 2.45) is 5.92 Å². The van der Waals surface area contributed by atoms with Gasteiger partial charge in [-0.3, -0.25) is 4.79 Å². The smallest absolute Gasteiger partial charge is 0.357 e. The highest BCUT2D eigenvalue weighted by Gasteiger charge is 2.33. The van der Waals surface area contributed by atoms with Gasteiger partial charge in [0.1, 0.15) is 5.82 Å². The number of benzene rings is 1. The summed E-state index contributed by atoms with van der Waals surface area (Å²) in [6.45, 7) is 3.92. The Morgan fingerprint density at radius 1 is 1.19 bits per heavy atom. The van der Waals surface area contributed by atoms with E-state index in [9.17, 15) is 18.0 Å². The first-order valence-corrected chi connectivity index (χ1v) is 8.53. The minimum atomic E-state index is -4.53. The Bertz CT molecular complexity index is 784. The van der Waals surface area contributed by atoms with Crippen LogP contribution in [-0.2, 0) is 6.18 Å². The summed E-state index contributed by atoms with van der Waals surface area (Å²) in [5, 5.41) is 2.37. The van der Waals surface area contributed by atoms with Gasteiger partial charge in [0.2, 0.25) is 0 Å². The molecular weight excluding hydrogens is 343 g/mol. The van der Waals surface area contributed by atoms with Crippen molar-refractivity contribution in [2.45, 2.75) is 25.9 Å². The van der Waals surface area contributed by atoms with E-state index in [4.69, 9.17) is 0 Å². The predicted molar refractivity (Wildman–Crippen MR) is 94.2 cm³/mol. The lowest BCUT2D eigenvalue weighted by Crippen LogP contribution is -2.33. The van der Waals surface area contributed by atoms with Crippen molar-refractivity contribution in [1.82, 2.24) is 4.98 Å². The lowest BCUT2D eigenvalue weighted by atomic mass is 9.99. The zero-order chi connectivity index (χ0) is 18.7. The number of hydrogen-bond donors (Lipinski definition) is 1. The molecule has 26 heavy (non-hydrogen) atoms. The first-order chi connectivity index (χ1) is 12.3. The maximum Gasteiger partial charge on any atom is 0.418 e. The van der Waals surface area contributed by atoms with Gasteiger partial charge in [-0.2, -0.15) is 13.2 Å². The second-order valence-electron chi connectivity index (χ2n) is 6.57. The Morgan fingerprint density at radius 3 is 2.58 bits per heavy atom. The van der Waals surface area contributed by atoms with Crippen molar-refractivity contribution in [3.05, 3.63) is 53.7 Å². The fraction of sp³-hybridized carbons (Fsp3) is 0.368. The highest BCUT2D eigenvalue weighted by Crippen LogP contribution is 2.34. The number of halogens is 3. The molecule has 1 aromatic carbocycles. The fourth-order valence-corrected chi connectivity index (χ4v) is 3.00. The SMILES string of the molecule is CC1CCN(c2cc(C(=O)Nc3ccccc3C(F)(F)F)ccn2)CC1. The molecule has 138 valence electrons. The highest BCUT2D eigenvalue weighted by atomic mass is 19.4. The third-order valence-electron chi connectivity index (χ3n) is 4.60. The standard InChI is InChI=1S/C19H20F3N3O/c1-13-7-10-25(11-8-13)17-12-14(6-9-23-17)18(26)24-16-5-3-2-4-15(16)19(20,21)22/h2-6,9,12-13H,7-8,10-11H2,1H3,(H,24,26). The average molecular weight is 363 g/mol. The van der Waals surface area contributed by atoms with Gasteiger partial charge in [0.25, 0.3) is 5.91 Å².